The van der Waals surface area contributed by atoms with E-state index in [1.165, 1.54) is 15.6 Å². The Morgan fingerprint density at radius 3 is 2.71 bits per heavy atom. The summed E-state index contributed by atoms with van der Waals surface area (Å²) in [5.41, 5.74) is 1.98. The normalized spacial score (nSPS) is 21.7. The Hall–Kier alpha value is -2.33. The number of fused-ring (bicyclic) bond motifs is 1. The highest BCUT2D eigenvalue weighted by molar-refractivity contribution is 7.89. The zero-order chi connectivity index (χ0) is 23.7. The van der Waals surface area contributed by atoms with Gasteiger partial charge in [0.15, 0.2) is 5.13 Å². The average Bonchev–Trinajstić information content (AvgIpc) is 3.53. The van der Waals surface area contributed by atoms with Gasteiger partial charge in [-0.05, 0) is 56.4 Å². The first kappa shape index (κ1) is 23.4. The highest BCUT2D eigenvalue weighted by Gasteiger charge is 2.37. The summed E-state index contributed by atoms with van der Waals surface area (Å²) < 4.78 is 34.7. The molecule has 34 heavy (non-hydrogen) atoms. The van der Waals surface area contributed by atoms with Crippen molar-refractivity contribution in [2.45, 2.75) is 43.6 Å². The molecule has 9 heteroatoms. The van der Waals surface area contributed by atoms with Crippen LogP contribution in [-0.4, -0.2) is 56.0 Å². The second kappa shape index (κ2) is 9.73. The number of aromatic nitrogens is 1. The van der Waals surface area contributed by atoms with Gasteiger partial charge in [-0.1, -0.05) is 41.7 Å². The van der Waals surface area contributed by atoms with Crippen LogP contribution in [0.1, 0.15) is 31.2 Å². The van der Waals surface area contributed by atoms with E-state index in [9.17, 15) is 13.2 Å². The van der Waals surface area contributed by atoms with Gasteiger partial charge in [0.1, 0.15) is 0 Å². The summed E-state index contributed by atoms with van der Waals surface area (Å²) in [6.45, 7) is 3.78. The molecular weight excluding hydrogens is 470 g/mol. The van der Waals surface area contributed by atoms with E-state index >= 15 is 0 Å². The fourth-order valence-electron chi connectivity index (χ4n) is 4.77. The van der Waals surface area contributed by atoms with Crippen molar-refractivity contribution in [2.24, 2.45) is 5.92 Å². The predicted molar refractivity (Wildman–Crippen MR) is 134 cm³/mol. The van der Waals surface area contributed by atoms with Crippen molar-refractivity contribution < 1.29 is 17.9 Å². The third-order valence-electron chi connectivity index (χ3n) is 6.63. The van der Waals surface area contributed by atoms with E-state index in [0.717, 1.165) is 28.6 Å². The van der Waals surface area contributed by atoms with Crippen LogP contribution in [0.5, 0.6) is 0 Å². The van der Waals surface area contributed by atoms with Gasteiger partial charge < -0.3 is 4.74 Å². The number of benzene rings is 2. The molecule has 2 aliphatic heterocycles. The average molecular weight is 500 g/mol. The van der Waals surface area contributed by atoms with Gasteiger partial charge in [-0.25, -0.2) is 13.4 Å². The second-order valence-corrected chi connectivity index (χ2v) is 12.0. The summed E-state index contributed by atoms with van der Waals surface area (Å²) in [6, 6.07) is 14.5. The SMILES string of the molecule is Cc1cccc2sc(N(CC3CCCO3)C(=O)C3CCCN(S(=O)(=O)c4ccccc4)C3)nc12. The lowest BCUT2D eigenvalue weighted by atomic mass is 9.98. The lowest BCUT2D eigenvalue weighted by molar-refractivity contribution is -0.123. The van der Waals surface area contributed by atoms with Gasteiger partial charge >= 0.3 is 0 Å². The van der Waals surface area contributed by atoms with Gasteiger partial charge in [-0.15, -0.1) is 0 Å². The standard InChI is InChI=1S/C25H29N3O4S2/c1-18-8-5-13-22-23(18)26-25(33-22)28(17-20-10-7-15-32-20)24(29)19-9-6-14-27(16-19)34(30,31)21-11-3-2-4-12-21/h2-5,8,11-13,19-20H,6-7,9-10,14-17H2,1H3. The fraction of sp³-hybridized carbons (Fsp3) is 0.440. The van der Waals surface area contributed by atoms with Gasteiger partial charge in [0.05, 0.1) is 33.7 Å². The highest BCUT2D eigenvalue weighted by atomic mass is 32.2. The molecule has 1 amide bonds. The number of aryl methyl sites for hydroxylation is 1. The summed E-state index contributed by atoms with van der Waals surface area (Å²) in [4.78, 5) is 20.7. The third kappa shape index (κ3) is 4.62. The number of anilines is 1. The Morgan fingerprint density at radius 1 is 1.15 bits per heavy atom. The Labute approximate surface area is 204 Å². The molecule has 0 radical (unpaired) electrons. The number of amides is 1. The molecule has 2 unspecified atom stereocenters. The lowest BCUT2D eigenvalue weighted by Gasteiger charge is -2.34. The van der Waals surface area contributed by atoms with Crippen molar-refractivity contribution in [2.75, 3.05) is 31.1 Å². The Kier molecular flexibility index (Phi) is 6.70. The minimum atomic E-state index is -3.64. The number of sulfonamides is 1. The third-order valence-corrected chi connectivity index (χ3v) is 9.55. The molecule has 1 aromatic heterocycles. The molecule has 0 N–H and O–H groups in total. The van der Waals surface area contributed by atoms with Crippen molar-refractivity contribution in [3.63, 3.8) is 0 Å². The van der Waals surface area contributed by atoms with E-state index in [-0.39, 0.29) is 23.5 Å². The van der Waals surface area contributed by atoms with Crippen LogP contribution in [0.2, 0.25) is 0 Å². The van der Waals surface area contributed by atoms with Crippen LogP contribution in [0.25, 0.3) is 10.2 Å². The van der Waals surface area contributed by atoms with Crippen LogP contribution in [0.15, 0.2) is 53.4 Å². The summed E-state index contributed by atoms with van der Waals surface area (Å²) in [5, 5.41) is 0.660. The predicted octanol–water partition coefficient (Wildman–Crippen LogP) is 4.22. The van der Waals surface area contributed by atoms with E-state index in [4.69, 9.17) is 9.72 Å². The van der Waals surface area contributed by atoms with Crippen molar-refractivity contribution in [3.05, 3.63) is 54.1 Å². The number of piperidine rings is 1. The maximum absolute atomic E-state index is 13.9. The molecule has 0 aliphatic carbocycles. The van der Waals surface area contributed by atoms with Crippen molar-refractivity contribution in [1.29, 1.82) is 0 Å². The van der Waals surface area contributed by atoms with Crippen LogP contribution in [0, 0.1) is 12.8 Å². The van der Waals surface area contributed by atoms with Gasteiger partial charge in [-0.2, -0.15) is 4.31 Å². The number of ether oxygens (including phenoxy) is 1. The van der Waals surface area contributed by atoms with Crippen LogP contribution < -0.4 is 4.90 Å². The second-order valence-electron chi connectivity index (χ2n) is 9.02. The quantitative estimate of drug-likeness (QED) is 0.507. The zero-order valence-corrected chi connectivity index (χ0v) is 20.9. The van der Waals surface area contributed by atoms with E-state index in [1.807, 2.05) is 25.1 Å². The molecular formula is C25H29N3O4S2. The zero-order valence-electron chi connectivity index (χ0n) is 19.2. The molecule has 2 aromatic carbocycles. The first-order chi connectivity index (χ1) is 16.4. The number of nitrogens with zero attached hydrogens (tertiary/aromatic N) is 3. The topological polar surface area (TPSA) is 79.8 Å². The molecule has 0 saturated carbocycles. The maximum Gasteiger partial charge on any atom is 0.243 e. The van der Waals surface area contributed by atoms with Crippen LogP contribution in [-0.2, 0) is 19.6 Å². The largest absolute Gasteiger partial charge is 0.376 e. The molecule has 3 aromatic rings. The Morgan fingerprint density at radius 2 is 1.97 bits per heavy atom. The van der Waals surface area contributed by atoms with Crippen LogP contribution in [0.3, 0.4) is 0 Å². The summed E-state index contributed by atoms with van der Waals surface area (Å²) in [5.74, 6) is -0.484. The fourth-order valence-corrected chi connectivity index (χ4v) is 7.37. The number of carbonyl (C=O) groups excluding carboxylic acids is 1. The van der Waals surface area contributed by atoms with Gasteiger partial charge in [0.2, 0.25) is 15.9 Å². The molecule has 3 heterocycles. The molecule has 180 valence electrons. The Bertz CT molecular complexity index is 1270. The number of carbonyl (C=O) groups is 1. The smallest absolute Gasteiger partial charge is 0.243 e. The first-order valence-corrected chi connectivity index (χ1v) is 14.0. The molecule has 5 rings (SSSR count). The molecule has 0 spiro atoms. The molecule has 2 aliphatic rings. The monoisotopic (exact) mass is 499 g/mol. The van der Waals surface area contributed by atoms with E-state index in [1.54, 1.807) is 35.2 Å². The highest BCUT2D eigenvalue weighted by Crippen LogP contribution is 2.34. The summed E-state index contributed by atoms with van der Waals surface area (Å²) in [7, 11) is -3.64. The molecule has 2 atom stereocenters. The number of para-hydroxylation sites is 1. The van der Waals surface area contributed by atoms with E-state index in [2.05, 4.69) is 0 Å². The minimum absolute atomic E-state index is 0.0233. The van der Waals surface area contributed by atoms with E-state index in [0.29, 0.717) is 37.7 Å². The van der Waals surface area contributed by atoms with Crippen molar-refractivity contribution in [1.82, 2.24) is 9.29 Å². The molecule has 0 bridgehead atoms. The number of hydrogen-bond acceptors (Lipinski definition) is 6. The van der Waals surface area contributed by atoms with Gasteiger partial charge in [0, 0.05) is 19.7 Å². The lowest BCUT2D eigenvalue weighted by Crippen LogP contribution is -2.48. The Balaban J connectivity index is 1.42. The first-order valence-electron chi connectivity index (χ1n) is 11.8. The molecule has 2 saturated heterocycles. The van der Waals surface area contributed by atoms with Crippen LogP contribution in [0.4, 0.5) is 5.13 Å². The number of hydrogen-bond donors (Lipinski definition) is 0. The van der Waals surface area contributed by atoms with Crippen molar-refractivity contribution in [3.8, 4) is 0 Å². The number of thiazole rings is 1. The van der Waals surface area contributed by atoms with Crippen LogP contribution >= 0.6 is 11.3 Å². The summed E-state index contributed by atoms with van der Waals surface area (Å²) in [6.07, 6.45) is 3.18. The maximum atomic E-state index is 13.9. The number of rotatable bonds is 6. The van der Waals surface area contributed by atoms with Crippen molar-refractivity contribution >= 4 is 42.6 Å². The minimum Gasteiger partial charge on any atom is -0.376 e. The van der Waals surface area contributed by atoms with Gasteiger partial charge in [0.25, 0.3) is 0 Å². The molecule has 7 nitrogen and oxygen atoms in total. The van der Waals surface area contributed by atoms with E-state index < -0.39 is 15.9 Å². The molecule has 2 fully saturated rings. The van der Waals surface area contributed by atoms with Gasteiger partial charge in [-0.3, -0.25) is 9.69 Å². The summed E-state index contributed by atoms with van der Waals surface area (Å²) >= 11 is 1.51.